The van der Waals surface area contributed by atoms with Crippen LogP contribution in [0.15, 0.2) is 24.3 Å². The van der Waals surface area contributed by atoms with Gasteiger partial charge in [-0.2, -0.15) is 0 Å². The first-order chi connectivity index (χ1) is 10.2. The molecule has 1 aromatic rings. The zero-order valence-electron chi connectivity index (χ0n) is 13.3. The van der Waals surface area contributed by atoms with Crippen molar-refractivity contribution in [1.82, 2.24) is 5.32 Å². The van der Waals surface area contributed by atoms with Gasteiger partial charge in [0.1, 0.15) is 5.75 Å². The minimum atomic E-state index is 0.517. The van der Waals surface area contributed by atoms with Crippen molar-refractivity contribution in [3.63, 3.8) is 0 Å². The van der Waals surface area contributed by atoms with Crippen molar-refractivity contribution < 1.29 is 4.74 Å². The smallest absolute Gasteiger partial charge is 0.122 e. The summed E-state index contributed by atoms with van der Waals surface area (Å²) in [5, 5.41) is 3.73. The Balaban J connectivity index is 1.50. The molecule has 0 aromatic heterocycles. The molecule has 3 atom stereocenters. The molecule has 2 heteroatoms. The van der Waals surface area contributed by atoms with Crippen LogP contribution in [-0.2, 0) is 0 Å². The fraction of sp³-hybridized carbons (Fsp3) is 0.684. The SMILES string of the molecule is CC(C)NCC1(CC2COc3ccccc32)CC2CC2C1. The predicted octanol–water partition coefficient (Wildman–Crippen LogP) is 3.97. The zero-order chi connectivity index (χ0) is 14.4. The summed E-state index contributed by atoms with van der Waals surface area (Å²) in [5.41, 5.74) is 1.96. The Morgan fingerprint density at radius 3 is 2.76 bits per heavy atom. The minimum Gasteiger partial charge on any atom is -0.493 e. The van der Waals surface area contributed by atoms with E-state index in [0.717, 1.165) is 24.2 Å². The van der Waals surface area contributed by atoms with Crippen LogP contribution in [0.5, 0.6) is 5.75 Å². The van der Waals surface area contributed by atoms with E-state index in [1.165, 1.54) is 37.8 Å². The average molecular weight is 285 g/mol. The number of rotatable bonds is 5. The van der Waals surface area contributed by atoms with E-state index in [2.05, 4.69) is 43.4 Å². The van der Waals surface area contributed by atoms with Crippen LogP contribution in [0.2, 0.25) is 0 Å². The standard InChI is InChI=1S/C19H27NO/c1-13(2)20-12-19(8-14-7-15(14)9-19)10-16-11-21-18-6-4-3-5-17(16)18/h3-6,13-16,20H,7-12H2,1-2H3. The molecule has 1 aromatic carbocycles. The first kappa shape index (κ1) is 13.6. The lowest BCUT2D eigenvalue weighted by Gasteiger charge is -2.34. The van der Waals surface area contributed by atoms with Gasteiger partial charge >= 0.3 is 0 Å². The van der Waals surface area contributed by atoms with Gasteiger partial charge in [-0.05, 0) is 49.0 Å². The number of benzene rings is 1. The Hall–Kier alpha value is -1.02. The molecule has 0 amide bonds. The van der Waals surface area contributed by atoms with Gasteiger partial charge < -0.3 is 10.1 Å². The highest BCUT2D eigenvalue weighted by Gasteiger charge is 2.54. The largest absolute Gasteiger partial charge is 0.493 e. The van der Waals surface area contributed by atoms with Crippen molar-refractivity contribution in [1.29, 1.82) is 0 Å². The summed E-state index contributed by atoms with van der Waals surface area (Å²) >= 11 is 0. The highest BCUT2D eigenvalue weighted by molar-refractivity contribution is 5.39. The maximum Gasteiger partial charge on any atom is 0.122 e. The van der Waals surface area contributed by atoms with Crippen molar-refractivity contribution in [2.45, 2.75) is 51.5 Å². The van der Waals surface area contributed by atoms with Gasteiger partial charge in [0.2, 0.25) is 0 Å². The van der Waals surface area contributed by atoms with Crippen LogP contribution in [0.4, 0.5) is 0 Å². The molecule has 1 heterocycles. The second kappa shape index (κ2) is 5.01. The van der Waals surface area contributed by atoms with Gasteiger partial charge in [0.25, 0.3) is 0 Å². The quantitative estimate of drug-likeness (QED) is 0.884. The third kappa shape index (κ3) is 2.59. The fourth-order valence-corrected chi connectivity index (χ4v) is 4.73. The van der Waals surface area contributed by atoms with Crippen LogP contribution in [0.25, 0.3) is 0 Å². The van der Waals surface area contributed by atoms with Gasteiger partial charge in [-0.15, -0.1) is 0 Å². The molecule has 0 radical (unpaired) electrons. The third-order valence-electron chi connectivity index (χ3n) is 5.82. The number of hydrogen-bond acceptors (Lipinski definition) is 2. The molecule has 2 aliphatic carbocycles. The summed E-state index contributed by atoms with van der Waals surface area (Å²) in [4.78, 5) is 0. The molecule has 2 fully saturated rings. The summed E-state index contributed by atoms with van der Waals surface area (Å²) in [6, 6.07) is 9.23. The van der Waals surface area contributed by atoms with E-state index < -0.39 is 0 Å². The number of hydrogen-bond donors (Lipinski definition) is 1. The minimum absolute atomic E-state index is 0.517. The lowest BCUT2D eigenvalue weighted by Crippen LogP contribution is -2.38. The maximum absolute atomic E-state index is 5.91. The van der Waals surface area contributed by atoms with Gasteiger partial charge in [0, 0.05) is 24.1 Å². The molecule has 3 aliphatic rings. The highest BCUT2D eigenvalue weighted by atomic mass is 16.5. The van der Waals surface area contributed by atoms with E-state index in [9.17, 15) is 0 Å². The van der Waals surface area contributed by atoms with E-state index in [-0.39, 0.29) is 0 Å². The van der Waals surface area contributed by atoms with E-state index in [1.54, 1.807) is 0 Å². The first-order valence-corrected chi connectivity index (χ1v) is 8.60. The summed E-state index contributed by atoms with van der Waals surface area (Å²) in [5.74, 6) is 3.80. The number of para-hydroxylation sites is 1. The summed E-state index contributed by atoms with van der Waals surface area (Å²) in [7, 11) is 0. The van der Waals surface area contributed by atoms with E-state index in [0.29, 0.717) is 17.4 Å². The molecule has 1 aliphatic heterocycles. The summed E-state index contributed by atoms with van der Waals surface area (Å²) in [6.07, 6.45) is 5.68. The van der Waals surface area contributed by atoms with Gasteiger partial charge in [-0.25, -0.2) is 0 Å². The molecule has 3 unspecified atom stereocenters. The molecular weight excluding hydrogens is 258 g/mol. The van der Waals surface area contributed by atoms with E-state index >= 15 is 0 Å². The van der Waals surface area contributed by atoms with Crippen molar-refractivity contribution in [3.8, 4) is 5.75 Å². The van der Waals surface area contributed by atoms with Crippen LogP contribution in [0, 0.1) is 17.3 Å². The van der Waals surface area contributed by atoms with Gasteiger partial charge in [-0.3, -0.25) is 0 Å². The number of ether oxygens (including phenoxy) is 1. The Kier molecular flexibility index (Phi) is 3.25. The second-order valence-electron chi connectivity index (χ2n) is 7.95. The average Bonchev–Trinajstić information content (AvgIpc) is 2.92. The Bertz CT molecular complexity index is 514. The fourth-order valence-electron chi connectivity index (χ4n) is 4.73. The van der Waals surface area contributed by atoms with E-state index in [1.807, 2.05) is 0 Å². The number of nitrogens with one attached hydrogen (secondary N) is 1. The Morgan fingerprint density at radius 1 is 1.24 bits per heavy atom. The third-order valence-corrected chi connectivity index (χ3v) is 5.82. The molecule has 4 rings (SSSR count). The predicted molar refractivity (Wildman–Crippen MR) is 85.7 cm³/mol. The van der Waals surface area contributed by atoms with E-state index in [4.69, 9.17) is 4.74 Å². The van der Waals surface area contributed by atoms with Crippen molar-refractivity contribution >= 4 is 0 Å². The second-order valence-corrected chi connectivity index (χ2v) is 7.95. The van der Waals surface area contributed by atoms with Crippen molar-refractivity contribution in [2.24, 2.45) is 17.3 Å². The van der Waals surface area contributed by atoms with Crippen LogP contribution >= 0.6 is 0 Å². The molecule has 1 N–H and O–H groups in total. The van der Waals surface area contributed by atoms with Crippen molar-refractivity contribution in [2.75, 3.05) is 13.2 Å². The normalized spacial score (nSPS) is 36.4. The zero-order valence-corrected chi connectivity index (χ0v) is 13.3. The Morgan fingerprint density at radius 2 is 2.00 bits per heavy atom. The summed E-state index contributed by atoms with van der Waals surface area (Å²) in [6.45, 7) is 6.60. The first-order valence-electron chi connectivity index (χ1n) is 8.60. The molecule has 21 heavy (non-hydrogen) atoms. The van der Waals surface area contributed by atoms with Gasteiger partial charge in [0.15, 0.2) is 0 Å². The monoisotopic (exact) mass is 285 g/mol. The number of fused-ring (bicyclic) bond motifs is 2. The topological polar surface area (TPSA) is 21.3 Å². The van der Waals surface area contributed by atoms with Crippen LogP contribution in [-0.4, -0.2) is 19.2 Å². The molecule has 0 bridgehead atoms. The van der Waals surface area contributed by atoms with Crippen molar-refractivity contribution in [3.05, 3.63) is 29.8 Å². The van der Waals surface area contributed by atoms with Crippen LogP contribution < -0.4 is 10.1 Å². The molecule has 0 spiro atoms. The lowest BCUT2D eigenvalue weighted by molar-refractivity contribution is 0.192. The molecule has 114 valence electrons. The van der Waals surface area contributed by atoms with Crippen LogP contribution in [0.3, 0.4) is 0 Å². The molecule has 2 saturated carbocycles. The maximum atomic E-state index is 5.91. The molecule has 0 saturated heterocycles. The van der Waals surface area contributed by atoms with Crippen LogP contribution in [0.1, 0.15) is 51.0 Å². The molecule has 2 nitrogen and oxygen atoms in total. The van der Waals surface area contributed by atoms with Gasteiger partial charge in [-0.1, -0.05) is 32.0 Å². The Labute approximate surface area is 128 Å². The lowest BCUT2D eigenvalue weighted by atomic mass is 9.74. The highest BCUT2D eigenvalue weighted by Crippen LogP contribution is 2.62. The van der Waals surface area contributed by atoms with Gasteiger partial charge in [0.05, 0.1) is 6.61 Å². The molecular formula is C19H27NO. The summed E-state index contributed by atoms with van der Waals surface area (Å²) < 4.78 is 5.91.